The lowest BCUT2D eigenvalue weighted by Crippen LogP contribution is -2.52. The first-order chi connectivity index (χ1) is 22.7. The maximum atomic E-state index is 13.9. The number of para-hydroxylation sites is 1. The smallest absolute Gasteiger partial charge is 0.410 e. The van der Waals surface area contributed by atoms with Gasteiger partial charge in [-0.05, 0) is 108 Å². The highest BCUT2D eigenvalue weighted by atomic mass is 16.6. The van der Waals surface area contributed by atoms with Crippen molar-refractivity contribution in [1.82, 2.24) is 29.9 Å². The number of ether oxygens (including phenoxy) is 1. The molecule has 0 saturated carbocycles. The van der Waals surface area contributed by atoms with Gasteiger partial charge in [0.05, 0.1) is 0 Å². The second-order valence-corrected chi connectivity index (χ2v) is 13.3. The first kappa shape index (κ1) is 34.6. The minimum atomic E-state index is -0.945. The topological polar surface area (TPSA) is 110 Å². The second kappa shape index (κ2) is 16.4. The number of anilines is 1. The van der Waals surface area contributed by atoms with Gasteiger partial charge in [-0.1, -0.05) is 25.1 Å². The fourth-order valence-corrected chi connectivity index (χ4v) is 7.00. The molecule has 3 aliphatic heterocycles. The number of carbonyl (C=O) groups excluding carboxylic acids is 3. The van der Waals surface area contributed by atoms with Gasteiger partial charge in [-0.2, -0.15) is 0 Å². The van der Waals surface area contributed by atoms with Gasteiger partial charge in [-0.15, -0.1) is 0 Å². The molecule has 2 N–H and O–H groups in total. The van der Waals surface area contributed by atoms with E-state index in [-0.39, 0.29) is 24.4 Å². The van der Waals surface area contributed by atoms with Gasteiger partial charge in [0, 0.05) is 68.8 Å². The third-order valence-electron chi connectivity index (χ3n) is 10.2. The Balaban J connectivity index is 1.18. The summed E-state index contributed by atoms with van der Waals surface area (Å²) in [4.78, 5) is 53.0. The summed E-state index contributed by atoms with van der Waals surface area (Å²) in [7, 11) is 2.17. The van der Waals surface area contributed by atoms with Crippen molar-refractivity contribution < 1.29 is 19.1 Å². The highest BCUT2D eigenvalue weighted by Gasteiger charge is 2.36. The number of nitrogens with one attached hydrogen (secondary N) is 2. The Morgan fingerprint density at radius 1 is 1.04 bits per heavy atom. The third kappa shape index (κ3) is 9.01. The number of carbonyl (C=O) groups is 3. The number of aromatic nitrogens is 1. The van der Waals surface area contributed by atoms with Crippen LogP contribution in [0.5, 0.6) is 0 Å². The molecule has 0 radical (unpaired) electrons. The van der Waals surface area contributed by atoms with Crippen molar-refractivity contribution >= 4 is 23.7 Å². The fraction of sp³-hybridized carbons (Fsp3) is 0.611. The van der Waals surface area contributed by atoms with Gasteiger partial charge in [-0.3, -0.25) is 9.78 Å². The largest absolute Gasteiger partial charge is 0.436 e. The Morgan fingerprint density at radius 3 is 2.49 bits per heavy atom. The molecule has 0 spiro atoms. The number of pyridine rings is 1. The van der Waals surface area contributed by atoms with E-state index in [1.54, 1.807) is 4.90 Å². The Morgan fingerprint density at radius 2 is 1.77 bits per heavy atom. The fourth-order valence-electron chi connectivity index (χ4n) is 7.00. The van der Waals surface area contributed by atoms with Crippen LogP contribution in [0.1, 0.15) is 61.4 Å². The summed E-state index contributed by atoms with van der Waals surface area (Å²) >= 11 is 0. The number of benzene rings is 1. The van der Waals surface area contributed by atoms with E-state index in [2.05, 4.69) is 40.6 Å². The molecule has 11 nitrogen and oxygen atoms in total. The zero-order chi connectivity index (χ0) is 33.3. The Hall–Kier alpha value is -3.70. The lowest BCUT2D eigenvalue weighted by Gasteiger charge is -2.39. The molecule has 2 saturated heterocycles. The van der Waals surface area contributed by atoms with Crippen LogP contribution in [0.4, 0.5) is 15.3 Å². The SMILES string of the molecule is CCNCCCN(C)C1CCN(C(=O)[C@@H](Cc2cc(C)c(C)cn2)OC(=O)N2CCC(N3CCc4ccccc4NC3=O)CC2)CC1. The molecule has 0 unspecified atom stereocenters. The maximum Gasteiger partial charge on any atom is 0.410 e. The second-order valence-electron chi connectivity index (χ2n) is 13.3. The molecule has 256 valence electrons. The van der Waals surface area contributed by atoms with Gasteiger partial charge < -0.3 is 35.0 Å². The van der Waals surface area contributed by atoms with E-state index in [4.69, 9.17) is 4.74 Å². The Labute approximate surface area is 280 Å². The number of amides is 4. The first-order valence-corrected chi connectivity index (χ1v) is 17.5. The molecule has 5 rings (SSSR count). The summed E-state index contributed by atoms with van der Waals surface area (Å²) in [6.07, 6.45) is 5.63. The number of likely N-dealkylation sites (tertiary alicyclic amines) is 2. The molecular formula is C36H53N7O4. The standard InChI is InChI=1S/C36H53N7O4/c1-5-37-16-8-17-40(4)30-12-18-41(19-13-30)34(44)33(24-29-23-26(2)27(3)25-38-29)47-36(46)42-20-14-31(15-21-42)43-22-11-28-9-6-7-10-32(28)39-35(43)45/h6-7,9-10,23,25,30-31,33,37H,5,8,11-22,24H2,1-4H3,(H,39,45)/t33-/m1/s1. The first-order valence-electron chi connectivity index (χ1n) is 17.5. The Kier molecular flexibility index (Phi) is 12.1. The van der Waals surface area contributed by atoms with E-state index in [0.29, 0.717) is 51.6 Å². The molecule has 2 fully saturated rings. The summed E-state index contributed by atoms with van der Waals surface area (Å²) in [5, 5.41) is 6.44. The zero-order valence-corrected chi connectivity index (χ0v) is 28.7. The molecule has 3 aliphatic rings. The van der Waals surface area contributed by atoms with Crippen LogP contribution in [0.25, 0.3) is 0 Å². The molecule has 2 aromatic rings. The summed E-state index contributed by atoms with van der Waals surface area (Å²) in [6, 6.07) is 10.3. The van der Waals surface area contributed by atoms with Crippen molar-refractivity contribution in [3.63, 3.8) is 0 Å². The van der Waals surface area contributed by atoms with E-state index in [1.165, 1.54) is 0 Å². The highest BCUT2D eigenvalue weighted by Crippen LogP contribution is 2.25. The quantitative estimate of drug-likeness (QED) is 0.352. The third-order valence-corrected chi connectivity index (χ3v) is 10.2. The van der Waals surface area contributed by atoms with E-state index in [1.807, 2.05) is 54.1 Å². The van der Waals surface area contributed by atoms with Crippen LogP contribution < -0.4 is 10.6 Å². The number of aryl methyl sites for hydroxylation is 2. The van der Waals surface area contributed by atoms with E-state index in [0.717, 1.165) is 73.4 Å². The Bertz CT molecular complexity index is 1370. The summed E-state index contributed by atoms with van der Waals surface area (Å²) in [5.74, 6) is -0.151. The number of hydrogen-bond donors (Lipinski definition) is 2. The number of nitrogens with zero attached hydrogens (tertiary/aromatic N) is 5. The normalized spacial score (nSPS) is 18.5. The average Bonchev–Trinajstić information content (AvgIpc) is 3.25. The molecule has 11 heteroatoms. The minimum Gasteiger partial charge on any atom is -0.436 e. The lowest BCUT2D eigenvalue weighted by atomic mass is 10.0. The molecule has 1 aromatic carbocycles. The van der Waals surface area contributed by atoms with Gasteiger partial charge in [0.1, 0.15) is 0 Å². The molecule has 0 bridgehead atoms. The van der Waals surface area contributed by atoms with Gasteiger partial charge >= 0.3 is 12.1 Å². The number of fused-ring (bicyclic) bond motifs is 1. The van der Waals surface area contributed by atoms with Crippen molar-refractivity contribution in [1.29, 1.82) is 0 Å². The molecule has 4 amide bonds. The number of rotatable bonds is 11. The van der Waals surface area contributed by atoms with E-state index in [9.17, 15) is 14.4 Å². The van der Waals surface area contributed by atoms with Gasteiger partial charge in [0.2, 0.25) is 0 Å². The van der Waals surface area contributed by atoms with Crippen molar-refractivity contribution in [2.45, 2.75) is 83.9 Å². The monoisotopic (exact) mass is 647 g/mol. The number of piperidine rings is 2. The summed E-state index contributed by atoms with van der Waals surface area (Å²) < 4.78 is 6.04. The van der Waals surface area contributed by atoms with Crippen LogP contribution >= 0.6 is 0 Å². The predicted octanol–water partition coefficient (Wildman–Crippen LogP) is 4.22. The molecule has 4 heterocycles. The van der Waals surface area contributed by atoms with Crippen LogP contribution in [-0.2, 0) is 22.4 Å². The van der Waals surface area contributed by atoms with Gasteiger partial charge in [0.25, 0.3) is 5.91 Å². The highest BCUT2D eigenvalue weighted by molar-refractivity contribution is 5.91. The zero-order valence-electron chi connectivity index (χ0n) is 28.7. The van der Waals surface area contributed by atoms with Gasteiger partial charge in [0.15, 0.2) is 6.10 Å². The van der Waals surface area contributed by atoms with Crippen molar-refractivity contribution in [2.24, 2.45) is 0 Å². The number of hydrogen-bond acceptors (Lipinski definition) is 7. The lowest BCUT2D eigenvalue weighted by molar-refractivity contribution is -0.142. The predicted molar refractivity (Wildman–Crippen MR) is 184 cm³/mol. The number of urea groups is 1. The van der Waals surface area contributed by atoms with Crippen LogP contribution in [0.15, 0.2) is 36.5 Å². The van der Waals surface area contributed by atoms with Crippen LogP contribution in [0.2, 0.25) is 0 Å². The molecule has 47 heavy (non-hydrogen) atoms. The van der Waals surface area contributed by atoms with Crippen molar-refractivity contribution in [2.75, 3.05) is 64.7 Å². The van der Waals surface area contributed by atoms with Crippen molar-refractivity contribution in [3.05, 3.63) is 58.9 Å². The van der Waals surface area contributed by atoms with Crippen molar-refractivity contribution in [3.8, 4) is 0 Å². The average molecular weight is 648 g/mol. The molecule has 1 aromatic heterocycles. The van der Waals surface area contributed by atoms with Crippen LogP contribution in [0, 0.1) is 13.8 Å². The van der Waals surface area contributed by atoms with Crippen LogP contribution in [-0.4, -0.2) is 120 Å². The van der Waals surface area contributed by atoms with E-state index >= 15 is 0 Å². The molecule has 1 atom stereocenters. The van der Waals surface area contributed by atoms with E-state index < -0.39 is 12.2 Å². The maximum absolute atomic E-state index is 13.9. The minimum absolute atomic E-state index is 0.0351. The van der Waals surface area contributed by atoms with Gasteiger partial charge in [-0.25, -0.2) is 9.59 Å². The summed E-state index contributed by atoms with van der Waals surface area (Å²) in [6.45, 7) is 12.0. The molecular weight excluding hydrogens is 594 g/mol. The summed E-state index contributed by atoms with van der Waals surface area (Å²) in [5.41, 5.74) is 4.91. The van der Waals surface area contributed by atoms with Crippen LogP contribution in [0.3, 0.4) is 0 Å². The molecule has 0 aliphatic carbocycles.